The summed E-state index contributed by atoms with van der Waals surface area (Å²) >= 11 is 8.82. The molecule has 1 aromatic carbocycles. The second-order valence-corrected chi connectivity index (χ2v) is 4.53. The smallest absolute Gasteiger partial charge is 0.237 e. The fourth-order valence-corrected chi connectivity index (χ4v) is 1.96. The Kier molecular flexibility index (Phi) is 3.80. The Hall–Kier alpha value is -1.64. The second kappa shape index (κ2) is 5.34. The van der Waals surface area contributed by atoms with Crippen molar-refractivity contribution >= 4 is 27.5 Å². The van der Waals surface area contributed by atoms with E-state index in [-0.39, 0.29) is 22.2 Å². The molecule has 0 aliphatic carbocycles. The van der Waals surface area contributed by atoms with Crippen LogP contribution in [0.5, 0.6) is 11.6 Å². The van der Waals surface area contributed by atoms with E-state index in [4.69, 9.17) is 21.6 Å². The lowest BCUT2D eigenvalue weighted by molar-refractivity contribution is 0.453. The van der Waals surface area contributed by atoms with Gasteiger partial charge in [0.1, 0.15) is 23.2 Å². The fourth-order valence-electron chi connectivity index (χ4n) is 1.24. The minimum absolute atomic E-state index is 0.0178. The van der Waals surface area contributed by atoms with Crippen LogP contribution < -0.4 is 4.74 Å². The van der Waals surface area contributed by atoms with Gasteiger partial charge >= 0.3 is 0 Å². The van der Waals surface area contributed by atoms with Gasteiger partial charge in [0, 0.05) is 12.3 Å². The van der Waals surface area contributed by atoms with E-state index >= 15 is 0 Å². The van der Waals surface area contributed by atoms with Gasteiger partial charge in [-0.2, -0.15) is 5.26 Å². The molecular weight excluding hydrogens is 322 g/mol. The number of hydrogen-bond acceptors (Lipinski definition) is 3. The number of halogens is 3. The minimum Gasteiger partial charge on any atom is -0.436 e. The number of nitrogens with zero attached hydrogens (tertiary/aromatic N) is 2. The normalized spacial score (nSPS) is 9.89. The Bertz CT molecular complexity index is 642. The van der Waals surface area contributed by atoms with Crippen molar-refractivity contribution in [3.63, 3.8) is 0 Å². The number of hydrogen-bond donors (Lipinski definition) is 0. The van der Waals surface area contributed by atoms with E-state index in [0.717, 1.165) is 6.07 Å². The van der Waals surface area contributed by atoms with Gasteiger partial charge in [-0.3, -0.25) is 0 Å². The van der Waals surface area contributed by atoms with Crippen molar-refractivity contribution in [2.75, 3.05) is 0 Å². The minimum atomic E-state index is -0.607. The highest BCUT2D eigenvalue weighted by atomic mass is 79.9. The lowest BCUT2D eigenvalue weighted by Gasteiger charge is -2.08. The van der Waals surface area contributed by atoms with Crippen LogP contribution in [0.25, 0.3) is 0 Å². The summed E-state index contributed by atoms with van der Waals surface area (Å²) in [6, 6.07) is 7.61. The predicted molar refractivity (Wildman–Crippen MR) is 68.1 cm³/mol. The summed E-state index contributed by atoms with van der Waals surface area (Å²) in [5.74, 6) is -0.293. The molecule has 0 atom stereocenters. The van der Waals surface area contributed by atoms with Crippen LogP contribution in [0.4, 0.5) is 4.39 Å². The standard InChI is InChI=1S/C12H5BrClFN2O/c13-8-4-9(14)10(15)5-11(8)18-12-7(6-16)2-1-3-17-12/h1-5H. The van der Waals surface area contributed by atoms with Crippen molar-refractivity contribution in [2.45, 2.75) is 0 Å². The average molecular weight is 328 g/mol. The van der Waals surface area contributed by atoms with Crippen molar-refractivity contribution < 1.29 is 9.13 Å². The second-order valence-electron chi connectivity index (χ2n) is 3.27. The monoisotopic (exact) mass is 326 g/mol. The van der Waals surface area contributed by atoms with Gasteiger partial charge in [0.15, 0.2) is 0 Å². The zero-order valence-electron chi connectivity index (χ0n) is 8.82. The molecule has 0 saturated heterocycles. The maximum absolute atomic E-state index is 13.3. The highest BCUT2D eigenvalue weighted by molar-refractivity contribution is 9.10. The van der Waals surface area contributed by atoms with Gasteiger partial charge in [-0.15, -0.1) is 0 Å². The lowest BCUT2D eigenvalue weighted by atomic mass is 10.3. The van der Waals surface area contributed by atoms with Crippen LogP contribution in [0.3, 0.4) is 0 Å². The molecule has 0 spiro atoms. The first-order valence-electron chi connectivity index (χ1n) is 4.79. The molecule has 0 fully saturated rings. The number of ether oxygens (including phenoxy) is 1. The quantitative estimate of drug-likeness (QED) is 0.773. The van der Waals surface area contributed by atoms with Crippen molar-refractivity contribution in [3.05, 3.63) is 51.3 Å². The highest BCUT2D eigenvalue weighted by Crippen LogP contribution is 2.33. The Morgan fingerprint density at radius 3 is 2.94 bits per heavy atom. The summed E-state index contributed by atoms with van der Waals surface area (Å²) in [6.07, 6.45) is 1.48. The Morgan fingerprint density at radius 2 is 2.22 bits per heavy atom. The Balaban J connectivity index is 2.41. The first-order chi connectivity index (χ1) is 8.61. The van der Waals surface area contributed by atoms with Crippen LogP contribution in [-0.2, 0) is 0 Å². The fraction of sp³-hybridized carbons (Fsp3) is 0. The maximum atomic E-state index is 13.3. The summed E-state index contributed by atoms with van der Waals surface area (Å²) in [6.45, 7) is 0. The largest absolute Gasteiger partial charge is 0.436 e. The highest BCUT2D eigenvalue weighted by Gasteiger charge is 2.11. The van der Waals surface area contributed by atoms with Crippen LogP contribution in [0.1, 0.15) is 5.56 Å². The molecule has 2 aromatic rings. The van der Waals surface area contributed by atoms with Crippen LogP contribution in [-0.4, -0.2) is 4.98 Å². The first kappa shape index (κ1) is 12.8. The molecule has 1 heterocycles. The molecular formula is C12H5BrClFN2O. The van der Waals surface area contributed by atoms with Crippen molar-refractivity contribution in [1.29, 1.82) is 5.26 Å². The van der Waals surface area contributed by atoms with Gasteiger partial charge in [-0.25, -0.2) is 9.37 Å². The Labute approximate surface area is 116 Å². The molecule has 3 nitrogen and oxygen atoms in total. The number of aromatic nitrogens is 1. The molecule has 18 heavy (non-hydrogen) atoms. The predicted octanol–water partition coefficient (Wildman–Crippen LogP) is 4.30. The van der Waals surface area contributed by atoms with Gasteiger partial charge in [0.05, 0.1) is 9.50 Å². The number of nitriles is 1. The summed E-state index contributed by atoms with van der Waals surface area (Å²) in [5, 5.41) is 8.87. The summed E-state index contributed by atoms with van der Waals surface area (Å²) in [4.78, 5) is 3.92. The number of rotatable bonds is 2. The molecule has 0 aliphatic rings. The van der Waals surface area contributed by atoms with E-state index in [1.54, 1.807) is 12.1 Å². The van der Waals surface area contributed by atoms with E-state index in [1.807, 2.05) is 6.07 Å². The first-order valence-corrected chi connectivity index (χ1v) is 5.96. The molecule has 0 saturated carbocycles. The van der Waals surface area contributed by atoms with Gasteiger partial charge in [0.25, 0.3) is 0 Å². The molecule has 0 N–H and O–H groups in total. The van der Waals surface area contributed by atoms with Gasteiger partial charge in [-0.1, -0.05) is 11.6 Å². The van der Waals surface area contributed by atoms with E-state index in [1.165, 1.54) is 12.3 Å². The molecule has 6 heteroatoms. The zero-order valence-corrected chi connectivity index (χ0v) is 11.2. The topological polar surface area (TPSA) is 45.9 Å². The van der Waals surface area contributed by atoms with Crippen molar-refractivity contribution in [2.24, 2.45) is 0 Å². The van der Waals surface area contributed by atoms with Crippen LogP contribution in [0, 0.1) is 17.1 Å². The molecule has 0 aliphatic heterocycles. The third-order valence-electron chi connectivity index (χ3n) is 2.07. The SMILES string of the molecule is N#Cc1cccnc1Oc1cc(F)c(Cl)cc1Br. The third-order valence-corrected chi connectivity index (χ3v) is 2.98. The van der Waals surface area contributed by atoms with Crippen molar-refractivity contribution in [1.82, 2.24) is 4.98 Å². The van der Waals surface area contributed by atoms with E-state index in [2.05, 4.69) is 20.9 Å². The van der Waals surface area contributed by atoms with Crippen LogP contribution in [0.15, 0.2) is 34.9 Å². The van der Waals surface area contributed by atoms with Gasteiger partial charge in [0.2, 0.25) is 5.88 Å². The number of pyridine rings is 1. The molecule has 0 bridgehead atoms. The zero-order chi connectivity index (χ0) is 13.1. The lowest BCUT2D eigenvalue weighted by Crippen LogP contribution is -1.93. The molecule has 0 amide bonds. The number of benzene rings is 1. The summed E-state index contributed by atoms with van der Waals surface area (Å²) in [7, 11) is 0. The average Bonchev–Trinajstić information content (AvgIpc) is 2.36. The Morgan fingerprint density at radius 1 is 1.44 bits per heavy atom. The van der Waals surface area contributed by atoms with Crippen LogP contribution in [0.2, 0.25) is 5.02 Å². The molecule has 1 aromatic heterocycles. The van der Waals surface area contributed by atoms with E-state index in [9.17, 15) is 4.39 Å². The molecule has 0 unspecified atom stereocenters. The van der Waals surface area contributed by atoms with Gasteiger partial charge < -0.3 is 4.74 Å². The third kappa shape index (κ3) is 2.61. The van der Waals surface area contributed by atoms with Gasteiger partial charge in [-0.05, 0) is 34.1 Å². The summed E-state index contributed by atoms with van der Waals surface area (Å²) < 4.78 is 19.2. The molecule has 0 radical (unpaired) electrons. The van der Waals surface area contributed by atoms with E-state index in [0.29, 0.717) is 4.47 Å². The van der Waals surface area contributed by atoms with Crippen LogP contribution >= 0.6 is 27.5 Å². The van der Waals surface area contributed by atoms with E-state index < -0.39 is 5.82 Å². The summed E-state index contributed by atoms with van der Waals surface area (Å²) in [5.41, 5.74) is 0.264. The maximum Gasteiger partial charge on any atom is 0.237 e. The molecule has 2 rings (SSSR count). The van der Waals surface area contributed by atoms with Crippen molar-refractivity contribution in [3.8, 4) is 17.7 Å². The molecule has 90 valence electrons.